The summed E-state index contributed by atoms with van der Waals surface area (Å²) in [4.78, 5) is 15.2. The fourth-order valence-corrected chi connectivity index (χ4v) is 2.97. The number of hydrogen-bond acceptors (Lipinski definition) is 3. The molecule has 5 nitrogen and oxygen atoms in total. The molecule has 0 N–H and O–H groups in total. The fraction of sp³-hybridized carbons (Fsp3) is 0.467. The van der Waals surface area contributed by atoms with Crippen molar-refractivity contribution in [1.82, 2.24) is 0 Å². The Kier molecular flexibility index (Phi) is 4.20. The summed E-state index contributed by atoms with van der Waals surface area (Å²) in [6.07, 6.45) is 4.49. The van der Waals surface area contributed by atoms with Crippen LogP contribution in [0.5, 0.6) is 11.5 Å². The van der Waals surface area contributed by atoms with Crippen LogP contribution in [0.15, 0.2) is 18.2 Å². The molecule has 1 aliphatic rings. The molecule has 106 valence electrons. The second-order valence-electron chi connectivity index (χ2n) is 4.97. The highest BCUT2D eigenvalue weighted by atomic mass is 16.5. The molecule has 1 aromatic carbocycles. The molecule has 0 spiro atoms. The standard InChI is InChI=1S/C15H18N2O3/c1-19-12-6-5-11(9-13(12)20-2)15(7-3-4-8-15)14(18)10-17-16/h5-6,9-10H,3-4,7-8H2,1-2H3. The Labute approximate surface area is 118 Å². The number of methoxy groups -OCH3 is 2. The third-order valence-corrected chi connectivity index (χ3v) is 4.04. The summed E-state index contributed by atoms with van der Waals surface area (Å²) in [6.45, 7) is 0. The van der Waals surface area contributed by atoms with Gasteiger partial charge in [-0.3, -0.25) is 4.79 Å². The minimum Gasteiger partial charge on any atom is -0.493 e. The molecule has 0 radical (unpaired) electrons. The molecule has 0 saturated heterocycles. The summed E-state index contributed by atoms with van der Waals surface area (Å²) in [7, 11) is 3.15. The quantitative estimate of drug-likeness (QED) is 0.470. The molecule has 1 saturated carbocycles. The van der Waals surface area contributed by atoms with Crippen molar-refractivity contribution < 1.29 is 19.1 Å². The molecule has 0 aliphatic heterocycles. The number of rotatable bonds is 5. The third-order valence-electron chi connectivity index (χ3n) is 4.04. The maximum Gasteiger partial charge on any atom is 0.324 e. The van der Waals surface area contributed by atoms with E-state index in [1.54, 1.807) is 20.3 Å². The summed E-state index contributed by atoms with van der Waals surface area (Å²) < 4.78 is 10.5. The number of Topliss-reactive ketones (excluding diaryl/α,β-unsaturated/α-hetero) is 1. The van der Waals surface area contributed by atoms with Gasteiger partial charge in [-0.1, -0.05) is 18.9 Å². The van der Waals surface area contributed by atoms with E-state index in [0.717, 1.165) is 37.5 Å². The molecular weight excluding hydrogens is 256 g/mol. The van der Waals surface area contributed by atoms with Crippen molar-refractivity contribution in [3.8, 4) is 11.5 Å². The molecule has 0 aromatic heterocycles. The molecule has 1 fully saturated rings. The number of ketones is 1. The second kappa shape index (κ2) is 5.88. The largest absolute Gasteiger partial charge is 0.493 e. The monoisotopic (exact) mass is 274 g/mol. The minimum atomic E-state index is -0.605. The first-order valence-corrected chi connectivity index (χ1v) is 6.62. The Hall–Kier alpha value is -2.13. The predicted octanol–water partition coefficient (Wildman–Crippen LogP) is 2.39. The van der Waals surface area contributed by atoms with Crippen LogP contribution < -0.4 is 9.47 Å². The van der Waals surface area contributed by atoms with Crippen LogP contribution >= 0.6 is 0 Å². The number of benzene rings is 1. The molecule has 5 heteroatoms. The lowest BCUT2D eigenvalue weighted by Crippen LogP contribution is -2.34. The van der Waals surface area contributed by atoms with E-state index < -0.39 is 5.41 Å². The van der Waals surface area contributed by atoms with Gasteiger partial charge in [0.05, 0.1) is 19.6 Å². The van der Waals surface area contributed by atoms with Crippen molar-refractivity contribution in [3.05, 3.63) is 29.3 Å². The van der Waals surface area contributed by atoms with Crippen LogP contribution in [0.3, 0.4) is 0 Å². The molecule has 20 heavy (non-hydrogen) atoms. The van der Waals surface area contributed by atoms with E-state index in [9.17, 15) is 4.79 Å². The molecule has 1 aromatic rings. The summed E-state index contributed by atoms with van der Waals surface area (Å²) in [6, 6.07) is 5.53. The third kappa shape index (κ3) is 2.32. The first kappa shape index (κ1) is 14.3. The van der Waals surface area contributed by atoms with Gasteiger partial charge in [-0.05, 0) is 30.5 Å². The van der Waals surface area contributed by atoms with E-state index in [2.05, 4.69) is 4.79 Å². The second-order valence-corrected chi connectivity index (χ2v) is 4.97. The number of ether oxygens (including phenoxy) is 2. The first-order chi connectivity index (χ1) is 9.67. The van der Waals surface area contributed by atoms with Crippen molar-refractivity contribution in [2.45, 2.75) is 31.1 Å². The summed E-state index contributed by atoms with van der Waals surface area (Å²) in [5, 5.41) is 0. The van der Waals surface area contributed by atoms with Crippen LogP contribution in [0.1, 0.15) is 31.2 Å². The van der Waals surface area contributed by atoms with Crippen LogP contribution in [0.2, 0.25) is 0 Å². The Morgan fingerprint density at radius 1 is 1.25 bits per heavy atom. The molecule has 0 heterocycles. The Morgan fingerprint density at radius 3 is 2.45 bits per heavy atom. The van der Waals surface area contributed by atoms with Gasteiger partial charge in [0.15, 0.2) is 11.5 Å². The highest BCUT2D eigenvalue weighted by Gasteiger charge is 2.43. The van der Waals surface area contributed by atoms with Crippen molar-refractivity contribution in [1.29, 1.82) is 0 Å². The Bertz CT molecular complexity index is 556. The van der Waals surface area contributed by atoms with Crippen LogP contribution in [0.25, 0.3) is 5.53 Å². The number of carbonyl (C=O) groups excluding carboxylic acids is 1. The molecule has 2 rings (SSSR count). The van der Waals surface area contributed by atoms with Gasteiger partial charge in [-0.2, -0.15) is 4.79 Å². The van der Waals surface area contributed by atoms with Gasteiger partial charge in [-0.15, -0.1) is 0 Å². The van der Waals surface area contributed by atoms with E-state index in [-0.39, 0.29) is 5.78 Å². The van der Waals surface area contributed by atoms with E-state index in [4.69, 9.17) is 15.0 Å². The Balaban J connectivity index is 2.50. The van der Waals surface area contributed by atoms with Crippen molar-refractivity contribution in [2.24, 2.45) is 0 Å². The molecule has 0 amide bonds. The lowest BCUT2D eigenvalue weighted by Gasteiger charge is -2.25. The molecule has 0 unspecified atom stereocenters. The van der Waals surface area contributed by atoms with E-state index >= 15 is 0 Å². The summed E-state index contributed by atoms with van der Waals surface area (Å²) in [5.41, 5.74) is 8.93. The average Bonchev–Trinajstić information content (AvgIpc) is 2.97. The van der Waals surface area contributed by atoms with Gasteiger partial charge in [0.1, 0.15) is 0 Å². The van der Waals surface area contributed by atoms with Crippen molar-refractivity contribution >= 4 is 12.0 Å². The number of hydrogen-bond donors (Lipinski definition) is 0. The molecular formula is C15H18N2O3. The number of carbonyl (C=O) groups is 1. The van der Waals surface area contributed by atoms with E-state index in [0.29, 0.717) is 11.5 Å². The van der Waals surface area contributed by atoms with Crippen LogP contribution in [0.4, 0.5) is 0 Å². The average molecular weight is 274 g/mol. The fourth-order valence-electron chi connectivity index (χ4n) is 2.97. The SMILES string of the molecule is COc1ccc(C2(C(=O)C=[N+]=[N-])CCCC2)cc1OC. The number of nitrogens with zero attached hydrogens (tertiary/aromatic N) is 2. The van der Waals surface area contributed by atoms with Gasteiger partial charge in [0, 0.05) is 0 Å². The van der Waals surface area contributed by atoms with Crippen LogP contribution in [-0.4, -0.2) is 31.0 Å². The maximum absolute atomic E-state index is 12.3. The molecule has 1 aliphatic carbocycles. The van der Waals surface area contributed by atoms with Crippen molar-refractivity contribution in [3.63, 3.8) is 0 Å². The van der Waals surface area contributed by atoms with Gasteiger partial charge in [-0.25, -0.2) is 0 Å². The van der Waals surface area contributed by atoms with Gasteiger partial charge in [0.25, 0.3) is 0 Å². The zero-order valence-electron chi connectivity index (χ0n) is 11.8. The smallest absolute Gasteiger partial charge is 0.324 e. The zero-order chi connectivity index (χ0) is 14.6. The highest BCUT2D eigenvalue weighted by molar-refractivity contribution is 6.29. The topological polar surface area (TPSA) is 71.9 Å². The molecule has 0 bridgehead atoms. The zero-order valence-corrected chi connectivity index (χ0v) is 11.8. The van der Waals surface area contributed by atoms with Gasteiger partial charge < -0.3 is 15.0 Å². The summed E-state index contributed by atoms with van der Waals surface area (Å²) >= 11 is 0. The first-order valence-electron chi connectivity index (χ1n) is 6.62. The lowest BCUT2D eigenvalue weighted by atomic mass is 9.75. The van der Waals surface area contributed by atoms with E-state index in [1.807, 2.05) is 12.1 Å². The predicted molar refractivity (Wildman–Crippen MR) is 74.4 cm³/mol. The highest BCUT2D eigenvalue weighted by Crippen LogP contribution is 2.43. The van der Waals surface area contributed by atoms with Crippen LogP contribution in [-0.2, 0) is 10.2 Å². The van der Waals surface area contributed by atoms with Gasteiger partial charge in [0.2, 0.25) is 5.78 Å². The van der Waals surface area contributed by atoms with Crippen molar-refractivity contribution in [2.75, 3.05) is 14.2 Å². The van der Waals surface area contributed by atoms with Gasteiger partial charge >= 0.3 is 6.21 Å². The molecule has 0 atom stereocenters. The normalized spacial score (nSPS) is 16.3. The lowest BCUT2D eigenvalue weighted by molar-refractivity contribution is -0.121. The van der Waals surface area contributed by atoms with Crippen LogP contribution in [0, 0.1) is 0 Å². The minimum absolute atomic E-state index is 0.162. The van der Waals surface area contributed by atoms with E-state index in [1.165, 1.54) is 0 Å². The maximum atomic E-state index is 12.3. The Morgan fingerprint density at radius 2 is 1.90 bits per heavy atom. The summed E-state index contributed by atoms with van der Waals surface area (Å²) in [5.74, 6) is 1.07.